The van der Waals surface area contributed by atoms with Gasteiger partial charge in [0.2, 0.25) is 0 Å². The highest BCUT2D eigenvalue weighted by Gasteiger charge is 2.11. The van der Waals surface area contributed by atoms with Crippen LogP contribution in [0.3, 0.4) is 0 Å². The van der Waals surface area contributed by atoms with E-state index in [1.807, 2.05) is 43.3 Å². The fourth-order valence-electron chi connectivity index (χ4n) is 1.86. The molecule has 2 nitrogen and oxygen atoms in total. The molecule has 1 unspecified atom stereocenters. The predicted octanol–water partition coefficient (Wildman–Crippen LogP) is 4.53. The average Bonchev–Trinajstić information content (AvgIpc) is 2.41. The number of benzene rings is 2. The SMILES string of the molecule is CC(Oc1ccc([C@H](C)O)cc1Cl)c1ccccc1. The number of hydrogen-bond donors (Lipinski definition) is 1. The highest BCUT2D eigenvalue weighted by atomic mass is 35.5. The van der Waals surface area contributed by atoms with Crippen molar-refractivity contribution in [2.75, 3.05) is 0 Å². The van der Waals surface area contributed by atoms with Gasteiger partial charge in [0.15, 0.2) is 0 Å². The quantitative estimate of drug-likeness (QED) is 0.889. The summed E-state index contributed by atoms with van der Waals surface area (Å²) in [6.45, 7) is 3.69. The molecule has 0 fully saturated rings. The van der Waals surface area contributed by atoms with E-state index >= 15 is 0 Å². The van der Waals surface area contributed by atoms with Crippen LogP contribution in [-0.4, -0.2) is 5.11 Å². The van der Waals surface area contributed by atoms with E-state index in [1.54, 1.807) is 19.1 Å². The van der Waals surface area contributed by atoms with Gasteiger partial charge in [0.05, 0.1) is 11.1 Å². The third-order valence-electron chi connectivity index (χ3n) is 3.01. The molecule has 2 aromatic carbocycles. The van der Waals surface area contributed by atoms with Crippen molar-refractivity contribution in [3.05, 3.63) is 64.7 Å². The number of halogens is 1. The molecule has 0 aliphatic carbocycles. The molecule has 0 aromatic heterocycles. The molecule has 0 radical (unpaired) electrons. The number of aliphatic hydroxyl groups is 1. The van der Waals surface area contributed by atoms with E-state index in [1.165, 1.54) is 0 Å². The first kappa shape index (κ1) is 13.9. The molecule has 2 rings (SSSR count). The second-order valence-electron chi connectivity index (χ2n) is 4.54. The average molecular weight is 277 g/mol. The summed E-state index contributed by atoms with van der Waals surface area (Å²) in [6.07, 6.45) is -0.603. The van der Waals surface area contributed by atoms with Gasteiger partial charge >= 0.3 is 0 Å². The molecule has 0 aliphatic heterocycles. The van der Waals surface area contributed by atoms with Crippen molar-refractivity contribution in [2.24, 2.45) is 0 Å². The van der Waals surface area contributed by atoms with Crippen LogP contribution in [0.2, 0.25) is 5.02 Å². The Kier molecular flexibility index (Phi) is 4.46. The van der Waals surface area contributed by atoms with Gasteiger partial charge in [0.1, 0.15) is 11.9 Å². The van der Waals surface area contributed by atoms with Gasteiger partial charge in [-0.3, -0.25) is 0 Å². The fourth-order valence-corrected chi connectivity index (χ4v) is 2.09. The highest BCUT2D eigenvalue weighted by molar-refractivity contribution is 6.32. The molecule has 2 atom stereocenters. The monoisotopic (exact) mass is 276 g/mol. The van der Waals surface area contributed by atoms with Crippen LogP contribution in [-0.2, 0) is 0 Å². The van der Waals surface area contributed by atoms with Gasteiger partial charge in [0.25, 0.3) is 0 Å². The lowest BCUT2D eigenvalue weighted by atomic mass is 10.1. The molecule has 0 saturated heterocycles. The second-order valence-corrected chi connectivity index (χ2v) is 4.94. The molecule has 19 heavy (non-hydrogen) atoms. The van der Waals surface area contributed by atoms with E-state index in [4.69, 9.17) is 16.3 Å². The summed E-state index contributed by atoms with van der Waals surface area (Å²) in [6, 6.07) is 15.3. The molecule has 0 spiro atoms. The van der Waals surface area contributed by atoms with Crippen molar-refractivity contribution in [3.8, 4) is 5.75 Å². The van der Waals surface area contributed by atoms with Crippen molar-refractivity contribution in [3.63, 3.8) is 0 Å². The fraction of sp³-hybridized carbons (Fsp3) is 0.250. The topological polar surface area (TPSA) is 29.5 Å². The van der Waals surface area contributed by atoms with Crippen LogP contribution in [0, 0.1) is 0 Å². The zero-order chi connectivity index (χ0) is 13.8. The van der Waals surface area contributed by atoms with Gasteiger partial charge in [-0.2, -0.15) is 0 Å². The van der Waals surface area contributed by atoms with E-state index in [9.17, 15) is 5.11 Å². The Balaban J connectivity index is 2.15. The summed E-state index contributed by atoms with van der Waals surface area (Å²) in [5, 5.41) is 10.0. The molecule has 0 aliphatic rings. The zero-order valence-electron chi connectivity index (χ0n) is 11.0. The van der Waals surface area contributed by atoms with Gasteiger partial charge in [0, 0.05) is 0 Å². The first-order chi connectivity index (χ1) is 9.08. The molecule has 0 amide bonds. The Hall–Kier alpha value is -1.51. The second kappa shape index (κ2) is 6.09. The van der Waals surface area contributed by atoms with E-state index in [0.29, 0.717) is 10.8 Å². The van der Waals surface area contributed by atoms with Crippen molar-refractivity contribution < 1.29 is 9.84 Å². The maximum Gasteiger partial charge on any atom is 0.138 e. The zero-order valence-corrected chi connectivity index (χ0v) is 11.8. The summed E-state index contributed by atoms with van der Waals surface area (Å²) < 4.78 is 5.85. The lowest BCUT2D eigenvalue weighted by Crippen LogP contribution is -2.03. The van der Waals surface area contributed by atoms with E-state index in [2.05, 4.69) is 0 Å². The maximum absolute atomic E-state index is 9.50. The Morgan fingerprint density at radius 1 is 1.00 bits per heavy atom. The van der Waals surface area contributed by atoms with Gasteiger partial charge in [-0.1, -0.05) is 48.0 Å². The molecule has 0 bridgehead atoms. The highest BCUT2D eigenvalue weighted by Crippen LogP contribution is 2.31. The normalized spacial score (nSPS) is 13.9. The number of hydrogen-bond acceptors (Lipinski definition) is 2. The van der Waals surface area contributed by atoms with E-state index in [-0.39, 0.29) is 6.10 Å². The molecular weight excluding hydrogens is 260 g/mol. The van der Waals surface area contributed by atoms with E-state index in [0.717, 1.165) is 11.1 Å². The standard InChI is InChI=1S/C16H17ClO2/c1-11(18)14-8-9-16(15(17)10-14)19-12(2)13-6-4-3-5-7-13/h3-12,18H,1-2H3/t11-,12?/m0/s1. The third-order valence-corrected chi connectivity index (χ3v) is 3.31. The number of ether oxygens (including phenoxy) is 1. The minimum absolute atomic E-state index is 0.0731. The first-order valence-electron chi connectivity index (χ1n) is 6.27. The van der Waals surface area contributed by atoms with Gasteiger partial charge in [-0.25, -0.2) is 0 Å². The molecule has 3 heteroatoms. The van der Waals surface area contributed by atoms with Crippen LogP contribution >= 0.6 is 11.6 Å². The summed E-state index contributed by atoms with van der Waals surface area (Å²) in [5.41, 5.74) is 1.88. The lowest BCUT2D eigenvalue weighted by Gasteiger charge is -2.17. The molecular formula is C16H17ClO2. The summed E-state index contributed by atoms with van der Waals surface area (Å²) >= 11 is 6.17. The van der Waals surface area contributed by atoms with Crippen LogP contribution in [0.4, 0.5) is 0 Å². The Morgan fingerprint density at radius 3 is 2.26 bits per heavy atom. The van der Waals surface area contributed by atoms with Crippen molar-refractivity contribution in [1.29, 1.82) is 0 Å². The van der Waals surface area contributed by atoms with Crippen molar-refractivity contribution >= 4 is 11.6 Å². The van der Waals surface area contributed by atoms with Crippen LogP contribution in [0.15, 0.2) is 48.5 Å². The van der Waals surface area contributed by atoms with E-state index < -0.39 is 6.10 Å². The predicted molar refractivity (Wildman–Crippen MR) is 77.6 cm³/mol. The molecule has 0 heterocycles. The summed E-state index contributed by atoms with van der Waals surface area (Å²) in [5.74, 6) is 0.627. The molecule has 0 saturated carbocycles. The number of aliphatic hydroxyl groups excluding tert-OH is 1. The van der Waals surface area contributed by atoms with Crippen molar-refractivity contribution in [2.45, 2.75) is 26.1 Å². The minimum atomic E-state index is -0.530. The Labute approximate surface area is 118 Å². The molecule has 2 aromatic rings. The Morgan fingerprint density at radius 2 is 1.68 bits per heavy atom. The van der Waals surface area contributed by atoms with Gasteiger partial charge in [-0.15, -0.1) is 0 Å². The summed E-state index contributed by atoms with van der Waals surface area (Å²) in [4.78, 5) is 0. The third kappa shape index (κ3) is 3.49. The van der Waals surface area contributed by atoms with Crippen LogP contribution < -0.4 is 4.74 Å². The Bertz CT molecular complexity index is 538. The smallest absolute Gasteiger partial charge is 0.138 e. The molecule has 1 N–H and O–H groups in total. The number of rotatable bonds is 4. The lowest BCUT2D eigenvalue weighted by molar-refractivity contribution is 0.198. The minimum Gasteiger partial charge on any atom is -0.484 e. The largest absolute Gasteiger partial charge is 0.484 e. The van der Waals surface area contributed by atoms with Crippen LogP contribution in [0.5, 0.6) is 5.75 Å². The van der Waals surface area contributed by atoms with Gasteiger partial charge < -0.3 is 9.84 Å². The first-order valence-corrected chi connectivity index (χ1v) is 6.65. The molecule has 100 valence electrons. The van der Waals surface area contributed by atoms with Crippen molar-refractivity contribution in [1.82, 2.24) is 0 Å². The van der Waals surface area contributed by atoms with Gasteiger partial charge in [-0.05, 0) is 37.1 Å². The van der Waals surface area contributed by atoms with Crippen LogP contribution in [0.25, 0.3) is 0 Å². The summed E-state index contributed by atoms with van der Waals surface area (Å²) in [7, 11) is 0. The maximum atomic E-state index is 9.50. The van der Waals surface area contributed by atoms with Crippen LogP contribution in [0.1, 0.15) is 37.2 Å².